The molecule has 1 rings (SSSR count). The third kappa shape index (κ3) is 3.22. The van der Waals surface area contributed by atoms with Crippen molar-refractivity contribution >= 4 is 0 Å². The summed E-state index contributed by atoms with van der Waals surface area (Å²) in [6.07, 6.45) is 16.1. The molecule has 0 aromatic heterocycles. The van der Waals surface area contributed by atoms with E-state index in [0.29, 0.717) is 0 Å². The predicted octanol–water partition coefficient (Wildman–Crippen LogP) is 3.62. The highest BCUT2D eigenvalue weighted by atomic mass is 14.0. The van der Waals surface area contributed by atoms with Crippen LogP contribution in [-0.2, 0) is 0 Å². The summed E-state index contributed by atoms with van der Waals surface area (Å²) in [4.78, 5) is 0. The summed E-state index contributed by atoms with van der Waals surface area (Å²) in [5.74, 6) is 0. The molecule has 1 aliphatic rings. The lowest BCUT2D eigenvalue weighted by molar-refractivity contribution is 0.728. The average molecular weight is 148 g/mol. The summed E-state index contributed by atoms with van der Waals surface area (Å²) < 4.78 is 0. The zero-order chi connectivity index (χ0) is 7.94. The Morgan fingerprint density at radius 3 is 2.55 bits per heavy atom. The Bertz CT molecular complexity index is 168. The van der Waals surface area contributed by atoms with Gasteiger partial charge in [0, 0.05) is 0 Å². The van der Waals surface area contributed by atoms with E-state index in [0.717, 1.165) is 0 Å². The van der Waals surface area contributed by atoms with Crippen LogP contribution < -0.4 is 0 Å². The molecule has 0 nitrogen and oxygen atoms in total. The molecule has 0 fully saturated rings. The summed E-state index contributed by atoms with van der Waals surface area (Å²) in [6, 6.07) is 0. The van der Waals surface area contributed by atoms with Crippen LogP contribution in [-0.4, -0.2) is 0 Å². The fraction of sp³-hybridized carbons (Fsp3) is 0.455. The molecule has 1 aliphatic carbocycles. The minimum Gasteiger partial charge on any atom is -0.0773 e. The highest BCUT2D eigenvalue weighted by molar-refractivity contribution is 5.39. The van der Waals surface area contributed by atoms with Crippen molar-refractivity contribution in [2.24, 2.45) is 0 Å². The maximum absolute atomic E-state index is 2.32. The van der Waals surface area contributed by atoms with E-state index in [1.54, 1.807) is 0 Å². The third-order valence-electron chi connectivity index (χ3n) is 1.88. The maximum atomic E-state index is 2.32. The first-order valence-corrected chi connectivity index (χ1v) is 4.48. The zero-order valence-electron chi connectivity index (χ0n) is 7.22. The molecule has 0 radical (unpaired) electrons. The van der Waals surface area contributed by atoms with Crippen LogP contribution in [0.1, 0.15) is 32.6 Å². The van der Waals surface area contributed by atoms with Crippen LogP contribution >= 0.6 is 0 Å². The van der Waals surface area contributed by atoms with E-state index in [-0.39, 0.29) is 0 Å². The molecule has 0 amide bonds. The van der Waals surface area contributed by atoms with Gasteiger partial charge in [-0.1, -0.05) is 50.1 Å². The average Bonchev–Trinajstić information content (AvgIpc) is 2.50. The Balaban J connectivity index is 2.14. The predicted molar refractivity (Wildman–Crippen MR) is 50.5 cm³/mol. The third-order valence-corrected chi connectivity index (χ3v) is 1.88. The quantitative estimate of drug-likeness (QED) is 0.534. The van der Waals surface area contributed by atoms with Gasteiger partial charge in [-0.3, -0.25) is 0 Å². The fourth-order valence-electron chi connectivity index (χ4n) is 1.19. The van der Waals surface area contributed by atoms with Crippen molar-refractivity contribution in [3.8, 4) is 0 Å². The number of hydrogen-bond donors (Lipinski definition) is 0. The van der Waals surface area contributed by atoms with E-state index in [4.69, 9.17) is 0 Å². The molecule has 0 saturated heterocycles. The first-order chi connectivity index (χ1) is 5.43. The van der Waals surface area contributed by atoms with Crippen LogP contribution in [0.2, 0.25) is 0 Å². The van der Waals surface area contributed by atoms with Gasteiger partial charge in [0.1, 0.15) is 0 Å². The Morgan fingerprint density at radius 2 is 1.91 bits per heavy atom. The van der Waals surface area contributed by atoms with E-state index in [1.807, 2.05) is 0 Å². The Kier molecular flexibility index (Phi) is 3.74. The second-order valence-corrected chi connectivity index (χ2v) is 2.92. The highest BCUT2D eigenvalue weighted by Crippen LogP contribution is 2.09. The van der Waals surface area contributed by atoms with Gasteiger partial charge in [0.05, 0.1) is 0 Å². The van der Waals surface area contributed by atoms with E-state index in [2.05, 4.69) is 37.3 Å². The molecule has 0 heterocycles. The summed E-state index contributed by atoms with van der Waals surface area (Å²) in [6.45, 7) is 2.24. The topological polar surface area (TPSA) is 0 Å². The number of rotatable bonds is 4. The zero-order valence-corrected chi connectivity index (χ0v) is 7.22. The van der Waals surface area contributed by atoms with Crippen molar-refractivity contribution in [2.45, 2.75) is 32.6 Å². The molecule has 0 atom stereocenters. The highest BCUT2D eigenvalue weighted by Gasteiger charge is 1.89. The van der Waals surface area contributed by atoms with E-state index >= 15 is 0 Å². The first kappa shape index (κ1) is 8.32. The number of allylic oxidation sites excluding steroid dienone is 6. The molecular weight excluding hydrogens is 132 g/mol. The van der Waals surface area contributed by atoms with Crippen molar-refractivity contribution in [1.82, 2.24) is 0 Å². The van der Waals surface area contributed by atoms with Crippen LogP contribution in [0, 0.1) is 0 Å². The van der Waals surface area contributed by atoms with Crippen LogP contribution in [0.25, 0.3) is 0 Å². The Labute approximate surface area is 69.3 Å². The summed E-state index contributed by atoms with van der Waals surface area (Å²) in [7, 11) is 0. The standard InChI is InChI=1S/C11H16/c1-2-3-4-5-8-11-9-6-7-10-11/h6-10H,2-5H2,1H3. The van der Waals surface area contributed by atoms with E-state index in [1.165, 1.54) is 31.3 Å². The molecule has 0 bridgehead atoms. The normalized spacial score (nSPS) is 14.5. The second-order valence-electron chi connectivity index (χ2n) is 2.92. The van der Waals surface area contributed by atoms with Crippen molar-refractivity contribution in [3.63, 3.8) is 0 Å². The first-order valence-electron chi connectivity index (χ1n) is 4.48. The lowest BCUT2D eigenvalue weighted by atomic mass is 10.1. The SMILES string of the molecule is CCCCCC=C1C=CC=C1. The summed E-state index contributed by atoms with van der Waals surface area (Å²) in [5, 5.41) is 0. The van der Waals surface area contributed by atoms with Gasteiger partial charge in [0.25, 0.3) is 0 Å². The van der Waals surface area contributed by atoms with Crippen molar-refractivity contribution < 1.29 is 0 Å². The van der Waals surface area contributed by atoms with Crippen LogP contribution in [0.5, 0.6) is 0 Å². The van der Waals surface area contributed by atoms with Crippen molar-refractivity contribution in [2.75, 3.05) is 0 Å². The Hall–Kier alpha value is -0.780. The van der Waals surface area contributed by atoms with Gasteiger partial charge in [-0.25, -0.2) is 0 Å². The smallest absolute Gasteiger partial charge is 0.0297 e. The maximum Gasteiger partial charge on any atom is -0.0297 e. The number of unbranched alkanes of at least 4 members (excludes halogenated alkanes) is 3. The van der Waals surface area contributed by atoms with Gasteiger partial charge >= 0.3 is 0 Å². The molecule has 0 N–H and O–H groups in total. The molecule has 0 heteroatoms. The monoisotopic (exact) mass is 148 g/mol. The molecule has 0 saturated carbocycles. The van der Waals surface area contributed by atoms with Gasteiger partial charge in [-0.05, 0) is 18.4 Å². The molecule has 11 heavy (non-hydrogen) atoms. The molecule has 60 valence electrons. The summed E-state index contributed by atoms with van der Waals surface area (Å²) >= 11 is 0. The van der Waals surface area contributed by atoms with Crippen LogP contribution in [0.15, 0.2) is 36.0 Å². The number of hydrogen-bond acceptors (Lipinski definition) is 0. The fourth-order valence-corrected chi connectivity index (χ4v) is 1.19. The lowest BCUT2D eigenvalue weighted by Crippen LogP contribution is -1.73. The molecule has 0 aromatic carbocycles. The van der Waals surface area contributed by atoms with E-state index < -0.39 is 0 Å². The van der Waals surface area contributed by atoms with Crippen molar-refractivity contribution in [3.05, 3.63) is 36.0 Å². The Morgan fingerprint density at radius 1 is 1.18 bits per heavy atom. The molecule has 0 aromatic rings. The molecule has 0 unspecified atom stereocenters. The minimum atomic E-state index is 1.23. The largest absolute Gasteiger partial charge is 0.0773 e. The van der Waals surface area contributed by atoms with Gasteiger partial charge in [0.15, 0.2) is 0 Å². The second kappa shape index (κ2) is 4.95. The lowest BCUT2D eigenvalue weighted by Gasteiger charge is -1.92. The molecular formula is C11H16. The van der Waals surface area contributed by atoms with Crippen LogP contribution in [0.4, 0.5) is 0 Å². The van der Waals surface area contributed by atoms with Gasteiger partial charge in [-0.15, -0.1) is 0 Å². The molecule has 0 aliphatic heterocycles. The van der Waals surface area contributed by atoms with Gasteiger partial charge in [-0.2, -0.15) is 0 Å². The van der Waals surface area contributed by atoms with Crippen molar-refractivity contribution in [1.29, 1.82) is 0 Å². The minimum absolute atomic E-state index is 1.23. The van der Waals surface area contributed by atoms with E-state index in [9.17, 15) is 0 Å². The van der Waals surface area contributed by atoms with Gasteiger partial charge in [0.2, 0.25) is 0 Å². The summed E-state index contributed by atoms with van der Waals surface area (Å²) in [5.41, 5.74) is 1.38. The van der Waals surface area contributed by atoms with Gasteiger partial charge < -0.3 is 0 Å². The molecule has 0 spiro atoms. The van der Waals surface area contributed by atoms with Crippen LogP contribution in [0.3, 0.4) is 0 Å².